The lowest BCUT2D eigenvalue weighted by Gasteiger charge is -2.38. The summed E-state index contributed by atoms with van der Waals surface area (Å²) in [5, 5.41) is 0. The number of pyridine rings is 2. The number of nitrogens with zero attached hydrogens (tertiary/aromatic N) is 2. The van der Waals surface area contributed by atoms with Crippen molar-refractivity contribution in [1.29, 1.82) is 0 Å². The maximum atomic E-state index is 12.4. The van der Waals surface area contributed by atoms with Crippen LogP contribution in [-0.2, 0) is 17.3 Å². The van der Waals surface area contributed by atoms with Crippen LogP contribution in [0.25, 0.3) is 0 Å². The quantitative estimate of drug-likeness (QED) is 0.518. The molecule has 3 nitrogen and oxygen atoms in total. The molecule has 1 saturated carbocycles. The molecule has 2 aliphatic rings. The number of rotatable bonds is 4. The van der Waals surface area contributed by atoms with E-state index in [4.69, 9.17) is 4.74 Å². The number of halogens is 3. The molecule has 1 spiro atoms. The Morgan fingerprint density at radius 2 is 1.94 bits per heavy atom. The van der Waals surface area contributed by atoms with Crippen LogP contribution in [0.2, 0.25) is 0 Å². The van der Waals surface area contributed by atoms with E-state index < -0.39 is 11.9 Å². The van der Waals surface area contributed by atoms with Crippen LogP contribution in [0.1, 0.15) is 86.7 Å². The van der Waals surface area contributed by atoms with Crippen molar-refractivity contribution < 1.29 is 17.9 Å². The van der Waals surface area contributed by atoms with Crippen molar-refractivity contribution in [2.75, 3.05) is 6.61 Å². The third-order valence-corrected chi connectivity index (χ3v) is 6.34. The fourth-order valence-electron chi connectivity index (χ4n) is 4.71. The third kappa shape index (κ3) is 6.52. The Morgan fingerprint density at radius 3 is 2.55 bits per heavy atom. The van der Waals surface area contributed by atoms with Crippen LogP contribution in [0.4, 0.5) is 13.2 Å². The molecule has 0 bridgehead atoms. The summed E-state index contributed by atoms with van der Waals surface area (Å²) in [4.78, 5) is 7.98. The predicted octanol–water partition coefficient (Wildman–Crippen LogP) is 7.04. The maximum Gasteiger partial charge on any atom is 0.433 e. The van der Waals surface area contributed by atoms with Crippen molar-refractivity contribution >= 4 is 0 Å². The van der Waals surface area contributed by atoms with E-state index in [9.17, 15) is 13.2 Å². The SMILES string of the molecule is CCCCc1cnc(C(F)(F)F)c(C)c1.c1ccc([C@@H]2CCOC3(CCCC3)C2)nc1. The monoisotopic (exact) mass is 434 g/mol. The van der Waals surface area contributed by atoms with Gasteiger partial charge in [-0.25, -0.2) is 0 Å². The minimum absolute atomic E-state index is 0.205. The summed E-state index contributed by atoms with van der Waals surface area (Å²) in [7, 11) is 0. The van der Waals surface area contributed by atoms with E-state index in [1.165, 1.54) is 50.9 Å². The van der Waals surface area contributed by atoms with Crippen LogP contribution in [0.3, 0.4) is 0 Å². The first-order chi connectivity index (χ1) is 14.8. The van der Waals surface area contributed by atoms with Crippen molar-refractivity contribution in [1.82, 2.24) is 9.97 Å². The number of hydrogen-bond acceptors (Lipinski definition) is 3. The summed E-state index contributed by atoms with van der Waals surface area (Å²) < 4.78 is 43.2. The summed E-state index contributed by atoms with van der Waals surface area (Å²) >= 11 is 0. The molecule has 0 aromatic carbocycles. The lowest BCUT2D eigenvalue weighted by molar-refractivity contribution is -0.141. The molecule has 1 aliphatic heterocycles. The number of aryl methyl sites for hydroxylation is 2. The lowest BCUT2D eigenvalue weighted by atomic mass is 9.83. The zero-order valence-electron chi connectivity index (χ0n) is 18.5. The molecule has 0 unspecified atom stereocenters. The Balaban J connectivity index is 0.000000176. The number of alkyl halides is 3. The molecule has 3 heterocycles. The Labute approximate surface area is 183 Å². The van der Waals surface area contributed by atoms with Crippen molar-refractivity contribution in [2.24, 2.45) is 0 Å². The molecule has 31 heavy (non-hydrogen) atoms. The lowest BCUT2D eigenvalue weighted by Crippen LogP contribution is -2.36. The van der Waals surface area contributed by atoms with Gasteiger partial charge < -0.3 is 4.74 Å². The minimum Gasteiger partial charge on any atom is -0.375 e. The predicted molar refractivity (Wildman–Crippen MR) is 116 cm³/mol. The maximum absolute atomic E-state index is 12.4. The molecule has 0 amide bonds. The second-order valence-electron chi connectivity index (χ2n) is 8.79. The average molecular weight is 435 g/mol. The first kappa shape index (κ1) is 23.7. The summed E-state index contributed by atoms with van der Waals surface area (Å²) in [5.41, 5.74) is 1.78. The van der Waals surface area contributed by atoms with E-state index in [1.54, 1.807) is 6.07 Å². The van der Waals surface area contributed by atoms with E-state index in [0.717, 1.165) is 37.9 Å². The highest BCUT2D eigenvalue weighted by Gasteiger charge is 2.40. The van der Waals surface area contributed by atoms with Gasteiger partial charge in [-0.2, -0.15) is 13.2 Å². The molecule has 1 atom stereocenters. The number of unbranched alkanes of at least 4 members (excludes halogenated alkanes) is 1. The highest BCUT2D eigenvalue weighted by Crippen LogP contribution is 2.44. The molecule has 2 aromatic rings. The van der Waals surface area contributed by atoms with Crippen molar-refractivity contribution in [3.05, 3.63) is 59.2 Å². The zero-order chi connectivity index (χ0) is 22.3. The topological polar surface area (TPSA) is 35.0 Å². The summed E-state index contributed by atoms with van der Waals surface area (Å²) in [6.07, 6.45) is 9.22. The molecule has 2 fully saturated rings. The van der Waals surface area contributed by atoms with E-state index in [0.29, 0.717) is 5.92 Å². The van der Waals surface area contributed by atoms with Crippen LogP contribution >= 0.6 is 0 Å². The van der Waals surface area contributed by atoms with Gasteiger partial charge in [-0.15, -0.1) is 0 Å². The van der Waals surface area contributed by atoms with Gasteiger partial charge in [0, 0.05) is 30.6 Å². The van der Waals surface area contributed by atoms with E-state index in [1.807, 2.05) is 19.2 Å². The van der Waals surface area contributed by atoms with Gasteiger partial charge in [-0.3, -0.25) is 9.97 Å². The molecular weight excluding hydrogens is 401 g/mol. The molecule has 1 saturated heterocycles. The molecule has 0 radical (unpaired) electrons. The van der Waals surface area contributed by atoms with Gasteiger partial charge in [0.25, 0.3) is 0 Å². The highest BCUT2D eigenvalue weighted by atomic mass is 19.4. The Bertz CT molecular complexity index is 817. The Kier molecular flexibility index (Phi) is 8.09. The first-order valence-electron chi connectivity index (χ1n) is 11.4. The van der Waals surface area contributed by atoms with Crippen molar-refractivity contribution in [2.45, 2.75) is 89.3 Å². The zero-order valence-corrected chi connectivity index (χ0v) is 18.5. The first-order valence-corrected chi connectivity index (χ1v) is 11.4. The fourth-order valence-corrected chi connectivity index (χ4v) is 4.71. The third-order valence-electron chi connectivity index (χ3n) is 6.34. The molecule has 6 heteroatoms. The molecule has 0 N–H and O–H groups in total. The summed E-state index contributed by atoms with van der Waals surface area (Å²) in [6.45, 7) is 4.41. The molecule has 2 aromatic heterocycles. The molecule has 4 rings (SSSR count). The van der Waals surface area contributed by atoms with Gasteiger partial charge in [-0.1, -0.05) is 38.3 Å². The van der Waals surface area contributed by atoms with Gasteiger partial charge in [0.05, 0.1) is 5.60 Å². The Hall–Kier alpha value is -1.95. The average Bonchev–Trinajstić information content (AvgIpc) is 3.20. The normalized spacial score (nSPS) is 20.4. The van der Waals surface area contributed by atoms with Crippen molar-refractivity contribution in [3.63, 3.8) is 0 Å². The second-order valence-corrected chi connectivity index (χ2v) is 8.79. The number of ether oxygens (including phenoxy) is 1. The minimum atomic E-state index is -4.34. The van der Waals surface area contributed by atoms with E-state index >= 15 is 0 Å². The fraction of sp³-hybridized carbons (Fsp3) is 0.600. The van der Waals surface area contributed by atoms with Crippen molar-refractivity contribution in [3.8, 4) is 0 Å². The van der Waals surface area contributed by atoms with Crippen LogP contribution < -0.4 is 0 Å². The van der Waals surface area contributed by atoms with Crippen LogP contribution in [0.5, 0.6) is 0 Å². The summed E-state index contributed by atoms with van der Waals surface area (Å²) in [6, 6.07) is 7.83. The molecule has 1 aliphatic carbocycles. The molecular formula is C25H33F3N2O. The van der Waals surface area contributed by atoms with Gasteiger partial charge in [0.2, 0.25) is 0 Å². The van der Waals surface area contributed by atoms with Crippen LogP contribution in [0, 0.1) is 6.92 Å². The highest BCUT2D eigenvalue weighted by molar-refractivity contribution is 5.26. The van der Waals surface area contributed by atoms with Gasteiger partial charge in [-0.05, 0) is 68.7 Å². The van der Waals surface area contributed by atoms with Crippen LogP contribution in [-0.4, -0.2) is 22.2 Å². The molecule has 170 valence electrons. The second kappa shape index (κ2) is 10.6. The number of aromatic nitrogens is 2. The smallest absolute Gasteiger partial charge is 0.375 e. The van der Waals surface area contributed by atoms with Gasteiger partial charge in [0.15, 0.2) is 0 Å². The van der Waals surface area contributed by atoms with Gasteiger partial charge >= 0.3 is 6.18 Å². The van der Waals surface area contributed by atoms with Gasteiger partial charge in [0.1, 0.15) is 5.69 Å². The van der Waals surface area contributed by atoms with E-state index in [2.05, 4.69) is 22.1 Å². The standard InChI is InChI=1S/C14H19NO.C11H14F3N/c1-4-9-15-13(5-1)12-6-10-16-14(11-12)7-2-3-8-14;1-3-4-5-9-6-8(2)10(15-7-9)11(12,13)14/h1,4-5,9,12H,2-3,6-8,10-11H2;6-7H,3-5H2,1-2H3/t12-;/m1./s1. The van der Waals surface area contributed by atoms with Crippen LogP contribution in [0.15, 0.2) is 36.7 Å². The summed E-state index contributed by atoms with van der Waals surface area (Å²) in [5.74, 6) is 0.619. The van der Waals surface area contributed by atoms with E-state index in [-0.39, 0.29) is 11.2 Å². The number of hydrogen-bond donors (Lipinski definition) is 0. The Morgan fingerprint density at radius 1 is 1.16 bits per heavy atom. The largest absolute Gasteiger partial charge is 0.433 e.